The molecular weight excluding hydrogens is 342 g/mol. The van der Waals surface area contributed by atoms with Gasteiger partial charge in [-0.15, -0.1) is 0 Å². The molecule has 0 radical (unpaired) electrons. The quantitative estimate of drug-likeness (QED) is 0.747. The van der Waals surface area contributed by atoms with Crippen molar-refractivity contribution in [1.82, 2.24) is 0 Å². The molecule has 5 heteroatoms. The van der Waals surface area contributed by atoms with Gasteiger partial charge in [0.25, 0.3) is 0 Å². The number of nitrogens with one attached hydrogen (secondary N) is 1. The van der Waals surface area contributed by atoms with Gasteiger partial charge < -0.3 is 9.84 Å². The van der Waals surface area contributed by atoms with E-state index in [1.807, 2.05) is 39.8 Å². The lowest BCUT2D eigenvalue weighted by molar-refractivity contribution is -0.156. The van der Waals surface area contributed by atoms with Gasteiger partial charge >= 0.3 is 12.1 Å². The number of carboxylic acids is 1. The molecule has 0 heterocycles. The smallest absolute Gasteiger partial charge is 0.412 e. The minimum absolute atomic E-state index is 0.128. The highest BCUT2D eigenvalue weighted by Gasteiger charge is 2.51. The van der Waals surface area contributed by atoms with E-state index in [4.69, 9.17) is 4.74 Å². The van der Waals surface area contributed by atoms with Gasteiger partial charge in [-0.25, -0.2) is 4.79 Å². The number of rotatable bonds is 2. The molecule has 0 aliphatic heterocycles. The van der Waals surface area contributed by atoms with Gasteiger partial charge in [0.1, 0.15) is 5.60 Å². The normalized spacial score (nSPS) is 30.0. The molecule has 0 aromatic heterocycles. The first-order valence-electron chi connectivity index (χ1n) is 9.87. The van der Waals surface area contributed by atoms with Gasteiger partial charge in [-0.1, -0.05) is 13.0 Å². The molecule has 4 atom stereocenters. The van der Waals surface area contributed by atoms with Crippen LogP contribution in [-0.2, 0) is 16.0 Å². The van der Waals surface area contributed by atoms with Crippen LogP contribution in [0.5, 0.6) is 0 Å². The van der Waals surface area contributed by atoms with E-state index in [2.05, 4.69) is 18.3 Å². The number of fused-ring (bicyclic) bond motifs is 3. The lowest BCUT2D eigenvalue weighted by Gasteiger charge is -2.49. The second-order valence-corrected chi connectivity index (χ2v) is 9.45. The number of hydrogen-bond donors (Lipinski definition) is 2. The number of aliphatic carboxylic acids is 1. The summed E-state index contributed by atoms with van der Waals surface area (Å²) in [5.41, 5.74) is 1.94. The van der Waals surface area contributed by atoms with E-state index in [-0.39, 0.29) is 11.8 Å². The Morgan fingerprint density at radius 3 is 2.59 bits per heavy atom. The number of carbonyl (C=O) groups is 2. The standard InChI is InChI=1S/C22H31NO4/c1-13-10-11-22(5,19(24)25)17-9-7-14-6-8-15(12-16(14)18(13)17)23-20(26)27-21(2,3)4/h6,8,12-13,17-18H,7,9-11H2,1-5H3,(H,23,26)(H,24,25)/t13-,17+,18+,22-/m0/s1. The molecule has 1 aromatic rings. The third-order valence-corrected chi connectivity index (χ3v) is 6.35. The Kier molecular flexibility index (Phi) is 5.00. The number of amides is 1. The molecule has 2 aliphatic rings. The van der Waals surface area contributed by atoms with Gasteiger partial charge in [0.2, 0.25) is 0 Å². The molecule has 3 rings (SSSR count). The summed E-state index contributed by atoms with van der Waals surface area (Å²) in [5.74, 6) is 0.0844. The van der Waals surface area contributed by atoms with E-state index in [0.717, 1.165) is 25.7 Å². The second kappa shape index (κ2) is 6.84. The van der Waals surface area contributed by atoms with Gasteiger partial charge in [-0.2, -0.15) is 0 Å². The van der Waals surface area contributed by atoms with Crippen LogP contribution < -0.4 is 5.32 Å². The van der Waals surface area contributed by atoms with Crippen molar-refractivity contribution < 1.29 is 19.4 Å². The minimum atomic E-state index is -0.684. The van der Waals surface area contributed by atoms with Crippen molar-refractivity contribution in [3.63, 3.8) is 0 Å². The highest BCUT2D eigenvalue weighted by Crippen LogP contribution is 2.56. The molecule has 2 N–H and O–H groups in total. The molecule has 0 saturated heterocycles. The number of anilines is 1. The Hall–Kier alpha value is -2.04. The fraction of sp³-hybridized carbons (Fsp3) is 0.636. The highest BCUT2D eigenvalue weighted by atomic mass is 16.6. The fourth-order valence-electron chi connectivity index (χ4n) is 4.92. The molecule has 0 spiro atoms. The van der Waals surface area contributed by atoms with Crippen LogP contribution in [0.4, 0.5) is 10.5 Å². The van der Waals surface area contributed by atoms with E-state index >= 15 is 0 Å². The summed E-state index contributed by atoms with van der Waals surface area (Å²) in [4.78, 5) is 24.1. The van der Waals surface area contributed by atoms with Crippen LogP contribution in [0.15, 0.2) is 18.2 Å². The summed E-state index contributed by atoms with van der Waals surface area (Å²) in [7, 11) is 0. The van der Waals surface area contributed by atoms with E-state index in [9.17, 15) is 14.7 Å². The van der Waals surface area contributed by atoms with E-state index in [1.165, 1.54) is 11.1 Å². The molecule has 27 heavy (non-hydrogen) atoms. The lowest BCUT2D eigenvalue weighted by atomic mass is 9.54. The van der Waals surface area contributed by atoms with Crippen molar-refractivity contribution in [3.8, 4) is 0 Å². The predicted molar refractivity (Wildman–Crippen MR) is 105 cm³/mol. The van der Waals surface area contributed by atoms with E-state index in [1.54, 1.807) is 0 Å². The molecule has 1 amide bonds. The van der Waals surface area contributed by atoms with Gasteiger partial charge in [0.05, 0.1) is 5.41 Å². The first kappa shape index (κ1) is 19.7. The lowest BCUT2D eigenvalue weighted by Crippen LogP contribution is -2.46. The average molecular weight is 373 g/mol. The predicted octanol–water partition coefficient (Wildman–Crippen LogP) is 5.20. The van der Waals surface area contributed by atoms with E-state index < -0.39 is 23.1 Å². The molecule has 0 unspecified atom stereocenters. The maximum Gasteiger partial charge on any atom is 0.412 e. The maximum atomic E-state index is 12.1. The third-order valence-electron chi connectivity index (χ3n) is 6.35. The van der Waals surface area contributed by atoms with Gasteiger partial charge in [0.15, 0.2) is 0 Å². The highest BCUT2D eigenvalue weighted by molar-refractivity contribution is 5.85. The molecule has 148 valence electrons. The van der Waals surface area contributed by atoms with Crippen molar-refractivity contribution in [3.05, 3.63) is 29.3 Å². The number of ether oxygens (including phenoxy) is 1. The van der Waals surface area contributed by atoms with Crippen LogP contribution in [0.3, 0.4) is 0 Å². The molecule has 0 bridgehead atoms. The van der Waals surface area contributed by atoms with Crippen LogP contribution in [0, 0.1) is 17.3 Å². The summed E-state index contributed by atoms with van der Waals surface area (Å²) in [6, 6.07) is 6.00. The average Bonchev–Trinajstić information content (AvgIpc) is 2.55. The van der Waals surface area contributed by atoms with Crippen molar-refractivity contribution in [2.45, 2.75) is 71.8 Å². The Morgan fingerprint density at radius 1 is 1.26 bits per heavy atom. The number of aryl methyl sites for hydroxylation is 1. The second-order valence-electron chi connectivity index (χ2n) is 9.45. The minimum Gasteiger partial charge on any atom is -0.481 e. The third kappa shape index (κ3) is 3.83. The monoisotopic (exact) mass is 373 g/mol. The Labute approximate surface area is 161 Å². The number of hydrogen-bond acceptors (Lipinski definition) is 3. The van der Waals surface area contributed by atoms with Crippen molar-refractivity contribution in [2.75, 3.05) is 5.32 Å². The Bertz CT molecular complexity index is 751. The Balaban J connectivity index is 1.90. The van der Waals surface area contributed by atoms with Gasteiger partial charge in [0, 0.05) is 5.69 Å². The maximum absolute atomic E-state index is 12.1. The molecule has 1 fully saturated rings. The fourth-order valence-corrected chi connectivity index (χ4v) is 4.92. The summed E-state index contributed by atoms with van der Waals surface area (Å²) >= 11 is 0. The SMILES string of the molecule is C[C@H]1CC[C@](C)(C(=O)O)[C@@H]2CCc3ccc(NC(=O)OC(C)(C)C)cc3[C@H]21. The molecule has 5 nitrogen and oxygen atoms in total. The van der Waals surface area contributed by atoms with Crippen LogP contribution in [0.2, 0.25) is 0 Å². The molecule has 2 aliphatic carbocycles. The van der Waals surface area contributed by atoms with Gasteiger partial charge in [-0.3, -0.25) is 10.1 Å². The van der Waals surface area contributed by atoms with Crippen LogP contribution in [0.1, 0.15) is 70.9 Å². The van der Waals surface area contributed by atoms with E-state index in [0.29, 0.717) is 11.6 Å². The van der Waals surface area contributed by atoms with Crippen molar-refractivity contribution >= 4 is 17.7 Å². The van der Waals surface area contributed by atoms with Crippen LogP contribution in [0.25, 0.3) is 0 Å². The zero-order chi connectivity index (χ0) is 20.0. The summed E-state index contributed by atoms with van der Waals surface area (Å²) in [6.45, 7) is 9.64. The number of benzene rings is 1. The zero-order valence-corrected chi connectivity index (χ0v) is 17.0. The first-order chi connectivity index (χ1) is 12.5. The Morgan fingerprint density at radius 2 is 1.96 bits per heavy atom. The number of carbonyl (C=O) groups excluding carboxylic acids is 1. The van der Waals surface area contributed by atoms with Crippen molar-refractivity contribution in [2.24, 2.45) is 17.3 Å². The topological polar surface area (TPSA) is 75.6 Å². The van der Waals surface area contributed by atoms with Crippen LogP contribution >= 0.6 is 0 Å². The van der Waals surface area contributed by atoms with Crippen LogP contribution in [-0.4, -0.2) is 22.8 Å². The van der Waals surface area contributed by atoms with Crippen molar-refractivity contribution in [1.29, 1.82) is 0 Å². The first-order valence-corrected chi connectivity index (χ1v) is 9.87. The summed E-state index contributed by atoms with van der Waals surface area (Å²) in [5, 5.41) is 12.7. The largest absolute Gasteiger partial charge is 0.481 e. The molecule has 1 saturated carbocycles. The summed E-state index contributed by atoms with van der Waals surface area (Å²) in [6.07, 6.45) is 2.97. The summed E-state index contributed by atoms with van der Waals surface area (Å²) < 4.78 is 5.35. The molecule has 1 aromatic carbocycles. The number of carboxylic acid groups (broad SMARTS) is 1. The molecular formula is C22H31NO4. The zero-order valence-electron chi connectivity index (χ0n) is 17.0. The van der Waals surface area contributed by atoms with Gasteiger partial charge in [-0.05, 0) is 94.4 Å².